The number of rotatable bonds is 8. The Hall–Kier alpha value is -3.53. The van der Waals surface area contributed by atoms with Crippen molar-refractivity contribution >= 4 is 29.7 Å². The molecule has 1 aliphatic heterocycles. The molecule has 3 N–H and O–H groups in total. The van der Waals surface area contributed by atoms with E-state index in [2.05, 4.69) is 36.2 Å². The van der Waals surface area contributed by atoms with Gasteiger partial charge in [0.25, 0.3) is 0 Å². The summed E-state index contributed by atoms with van der Waals surface area (Å²) < 4.78 is 5.44. The Morgan fingerprint density at radius 2 is 1.97 bits per heavy atom. The van der Waals surface area contributed by atoms with Gasteiger partial charge in [-0.05, 0) is 12.5 Å². The molecule has 2 heterocycles. The van der Waals surface area contributed by atoms with Gasteiger partial charge in [0.2, 0.25) is 11.8 Å². The monoisotopic (exact) mass is 453 g/mol. The van der Waals surface area contributed by atoms with Crippen molar-refractivity contribution in [3.8, 4) is 0 Å². The van der Waals surface area contributed by atoms with Gasteiger partial charge in [0.15, 0.2) is 5.82 Å². The number of nitrogens with zero attached hydrogens (tertiary/aromatic N) is 4. The van der Waals surface area contributed by atoms with Crippen LogP contribution in [0.4, 0.5) is 11.6 Å². The van der Waals surface area contributed by atoms with E-state index in [1.807, 2.05) is 37.3 Å². The number of hydrogen-bond donors (Lipinski definition) is 3. The molecule has 176 valence electrons. The second-order valence-electron chi connectivity index (χ2n) is 8.10. The zero-order valence-corrected chi connectivity index (χ0v) is 19.3. The van der Waals surface area contributed by atoms with E-state index in [1.54, 1.807) is 20.1 Å². The van der Waals surface area contributed by atoms with Crippen LogP contribution < -0.4 is 21.2 Å². The van der Waals surface area contributed by atoms with E-state index in [0.717, 1.165) is 30.0 Å². The highest BCUT2D eigenvalue weighted by Crippen LogP contribution is 2.18. The Morgan fingerprint density at radius 3 is 2.70 bits per heavy atom. The number of carbonyl (C=O) groups excluding carboxylic acids is 2. The number of nitrogens with one attached hydrogen (secondary N) is 3. The zero-order chi connectivity index (χ0) is 23.6. The quantitative estimate of drug-likeness (QED) is 0.412. The van der Waals surface area contributed by atoms with Crippen LogP contribution in [0, 0.1) is 12.8 Å². The molecular formula is C23H31N7O3. The molecule has 0 atom stereocenters. The van der Waals surface area contributed by atoms with Crippen LogP contribution in [0.1, 0.15) is 37.2 Å². The first-order valence-electron chi connectivity index (χ1n) is 11.1. The minimum absolute atomic E-state index is 0.136. The van der Waals surface area contributed by atoms with Gasteiger partial charge in [-0.2, -0.15) is 5.10 Å². The lowest BCUT2D eigenvalue weighted by atomic mass is 10.2. The van der Waals surface area contributed by atoms with Crippen LogP contribution in [-0.2, 0) is 20.7 Å². The molecule has 10 nitrogen and oxygen atoms in total. The smallest absolute Gasteiger partial charge is 0.240 e. The van der Waals surface area contributed by atoms with Gasteiger partial charge < -0.3 is 9.64 Å². The number of ether oxygens (including phenoxy) is 1. The summed E-state index contributed by atoms with van der Waals surface area (Å²) in [5.74, 6) is 1.04. The average molecular weight is 454 g/mol. The van der Waals surface area contributed by atoms with Crippen molar-refractivity contribution in [2.24, 2.45) is 11.0 Å². The number of anilines is 2. The zero-order valence-electron chi connectivity index (χ0n) is 19.3. The van der Waals surface area contributed by atoms with Gasteiger partial charge in [0.05, 0.1) is 19.4 Å². The second-order valence-corrected chi connectivity index (χ2v) is 8.10. The molecule has 3 rings (SSSR count). The van der Waals surface area contributed by atoms with E-state index in [4.69, 9.17) is 4.74 Å². The van der Waals surface area contributed by atoms with Crippen molar-refractivity contribution in [2.45, 2.75) is 33.6 Å². The maximum absolute atomic E-state index is 12.1. The Kier molecular flexibility index (Phi) is 8.71. The summed E-state index contributed by atoms with van der Waals surface area (Å²) in [6.45, 7) is 8.25. The normalized spacial score (nSPS) is 13.9. The fraction of sp³-hybridized carbons (Fsp3) is 0.435. The topological polar surface area (TPSA) is 121 Å². The Balaban J connectivity index is 1.68. The standard InChI is InChI=1S/C23H31N7O3/c1-16(2)23(32)29-28-22(31)8-7-19-25-20(14-21(26-19)30-9-11-33-12-10-30)27-24-15-18-6-4-5-17(3)13-18/h4-6,13-16H,7-12H2,1-3H3,(H,28,31)(H,29,32)(H,25,26,27). The molecular weight excluding hydrogens is 422 g/mol. The minimum atomic E-state index is -0.309. The van der Waals surface area contributed by atoms with Gasteiger partial charge in [-0.15, -0.1) is 0 Å². The lowest BCUT2D eigenvalue weighted by molar-refractivity contribution is -0.130. The maximum atomic E-state index is 12.1. The molecule has 2 aromatic rings. The van der Waals surface area contributed by atoms with Crippen molar-refractivity contribution in [3.05, 3.63) is 47.3 Å². The Bertz CT molecular complexity index is 988. The Morgan fingerprint density at radius 1 is 1.18 bits per heavy atom. The van der Waals surface area contributed by atoms with E-state index in [1.165, 1.54) is 0 Å². The van der Waals surface area contributed by atoms with Gasteiger partial charge in [-0.25, -0.2) is 9.97 Å². The largest absolute Gasteiger partial charge is 0.378 e. The van der Waals surface area contributed by atoms with Crippen molar-refractivity contribution in [3.63, 3.8) is 0 Å². The molecule has 10 heteroatoms. The highest BCUT2D eigenvalue weighted by molar-refractivity contribution is 5.83. The summed E-state index contributed by atoms with van der Waals surface area (Å²) in [5, 5.41) is 4.31. The molecule has 1 fully saturated rings. The number of benzene rings is 1. The summed E-state index contributed by atoms with van der Waals surface area (Å²) in [7, 11) is 0. The lowest BCUT2D eigenvalue weighted by Crippen LogP contribution is -2.43. The molecule has 1 aromatic carbocycles. The van der Waals surface area contributed by atoms with Crippen LogP contribution in [0.5, 0.6) is 0 Å². The molecule has 0 bridgehead atoms. The van der Waals surface area contributed by atoms with Gasteiger partial charge in [-0.1, -0.05) is 43.7 Å². The highest BCUT2D eigenvalue weighted by Gasteiger charge is 2.16. The molecule has 0 spiro atoms. The van der Waals surface area contributed by atoms with Crippen LogP contribution in [-0.4, -0.2) is 54.3 Å². The summed E-state index contributed by atoms with van der Waals surface area (Å²) in [6.07, 6.45) is 2.18. The molecule has 0 unspecified atom stereocenters. The third-order valence-corrected chi connectivity index (χ3v) is 4.95. The minimum Gasteiger partial charge on any atom is -0.378 e. The summed E-state index contributed by atoms with van der Waals surface area (Å²) in [4.78, 5) is 35.0. The average Bonchev–Trinajstić information content (AvgIpc) is 2.81. The molecule has 1 aromatic heterocycles. The predicted molar refractivity (Wildman–Crippen MR) is 127 cm³/mol. The highest BCUT2D eigenvalue weighted by atomic mass is 16.5. The molecule has 1 saturated heterocycles. The third kappa shape index (κ3) is 7.83. The molecule has 33 heavy (non-hydrogen) atoms. The first-order chi connectivity index (χ1) is 15.9. The summed E-state index contributed by atoms with van der Waals surface area (Å²) in [5.41, 5.74) is 9.94. The molecule has 0 saturated carbocycles. The number of amides is 2. The van der Waals surface area contributed by atoms with E-state index >= 15 is 0 Å². The van der Waals surface area contributed by atoms with Gasteiger partial charge in [-0.3, -0.25) is 25.9 Å². The number of aryl methyl sites for hydroxylation is 2. The first-order valence-corrected chi connectivity index (χ1v) is 11.1. The van der Waals surface area contributed by atoms with Crippen LogP contribution >= 0.6 is 0 Å². The van der Waals surface area contributed by atoms with Crippen molar-refractivity contribution in [1.82, 2.24) is 20.8 Å². The second kappa shape index (κ2) is 11.9. The van der Waals surface area contributed by atoms with Crippen LogP contribution in [0.15, 0.2) is 35.4 Å². The predicted octanol–water partition coefficient (Wildman–Crippen LogP) is 1.80. The summed E-state index contributed by atoms with van der Waals surface area (Å²) in [6, 6.07) is 9.85. The number of aromatic nitrogens is 2. The van der Waals surface area contributed by atoms with Crippen LogP contribution in [0.25, 0.3) is 0 Å². The first kappa shape index (κ1) is 24.1. The molecule has 0 aliphatic carbocycles. The number of morpholine rings is 1. The molecule has 0 radical (unpaired) electrons. The van der Waals surface area contributed by atoms with Crippen molar-refractivity contribution < 1.29 is 14.3 Å². The maximum Gasteiger partial charge on any atom is 0.240 e. The summed E-state index contributed by atoms with van der Waals surface area (Å²) >= 11 is 0. The van der Waals surface area contributed by atoms with Crippen LogP contribution in [0.3, 0.4) is 0 Å². The Labute approximate surface area is 193 Å². The number of carbonyl (C=O) groups is 2. The van der Waals surface area contributed by atoms with Crippen LogP contribution in [0.2, 0.25) is 0 Å². The number of hydrogen-bond acceptors (Lipinski definition) is 8. The lowest BCUT2D eigenvalue weighted by Gasteiger charge is -2.28. The van der Waals surface area contributed by atoms with E-state index in [9.17, 15) is 9.59 Å². The SMILES string of the molecule is Cc1cccc(C=NNc2cc(N3CCOCC3)nc(CCC(=O)NNC(=O)C(C)C)n2)c1. The van der Waals surface area contributed by atoms with Gasteiger partial charge in [0, 0.05) is 37.9 Å². The van der Waals surface area contributed by atoms with Crippen molar-refractivity contribution in [2.75, 3.05) is 36.6 Å². The van der Waals surface area contributed by atoms with Gasteiger partial charge in [0.1, 0.15) is 11.6 Å². The van der Waals surface area contributed by atoms with E-state index < -0.39 is 0 Å². The molecule has 2 amide bonds. The fourth-order valence-corrected chi connectivity index (χ4v) is 3.09. The van der Waals surface area contributed by atoms with Crippen molar-refractivity contribution in [1.29, 1.82) is 0 Å². The van der Waals surface area contributed by atoms with E-state index in [-0.39, 0.29) is 24.2 Å². The number of hydrazone groups is 1. The third-order valence-electron chi connectivity index (χ3n) is 4.95. The molecule has 1 aliphatic rings. The van der Waals surface area contributed by atoms with E-state index in [0.29, 0.717) is 31.3 Å². The fourth-order valence-electron chi connectivity index (χ4n) is 3.09. The number of hydrazine groups is 1. The van der Waals surface area contributed by atoms with Gasteiger partial charge >= 0.3 is 0 Å².